The summed E-state index contributed by atoms with van der Waals surface area (Å²) in [5.74, 6) is 2.42. The van der Waals surface area contributed by atoms with E-state index in [0.29, 0.717) is 12.1 Å². The number of benzene rings is 1. The lowest BCUT2D eigenvalue weighted by atomic mass is 10.1. The molecule has 0 radical (unpaired) electrons. The molecule has 94 valence electrons. The van der Waals surface area contributed by atoms with Crippen molar-refractivity contribution in [3.05, 3.63) is 35.9 Å². The van der Waals surface area contributed by atoms with Gasteiger partial charge in [-0.1, -0.05) is 19.1 Å². The van der Waals surface area contributed by atoms with Crippen LogP contribution in [0.3, 0.4) is 0 Å². The van der Waals surface area contributed by atoms with Crippen LogP contribution in [0, 0.1) is 12.3 Å². The lowest BCUT2D eigenvalue weighted by Crippen LogP contribution is -2.32. The van der Waals surface area contributed by atoms with Crippen molar-refractivity contribution in [2.45, 2.75) is 25.8 Å². The van der Waals surface area contributed by atoms with Gasteiger partial charge in [0.2, 0.25) is 5.91 Å². The van der Waals surface area contributed by atoms with E-state index < -0.39 is 0 Å². The Balaban J connectivity index is 2.54. The molecule has 3 heteroatoms. The van der Waals surface area contributed by atoms with E-state index >= 15 is 0 Å². The van der Waals surface area contributed by atoms with E-state index in [0.717, 1.165) is 12.0 Å². The molecule has 3 nitrogen and oxygen atoms in total. The molecule has 1 aromatic rings. The van der Waals surface area contributed by atoms with Crippen molar-refractivity contribution >= 4 is 17.7 Å². The zero-order valence-electron chi connectivity index (χ0n) is 10.5. The first-order valence-corrected chi connectivity index (χ1v) is 5.93. The second-order valence-electron chi connectivity index (χ2n) is 4.02. The van der Waals surface area contributed by atoms with E-state index in [1.165, 1.54) is 6.08 Å². The number of hydrogen-bond donors (Lipinski definition) is 2. The van der Waals surface area contributed by atoms with E-state index in [2.05, 4.69) is 11.2 Å². The van der Waals surface area contributed by atoms with Crippen LogP contribution in [-0.2, 0) is 4.79 Å². The SMILES string of the molecule is C#CCC(CC)NC(=O)/C=C/c1ccc(N)cc1. The van der Waals surface area contributed by atoms with Crippen LogP contribution in [-0.4, -0.2) is 11.9 Å². The van der Waals surface area contributed by atoms with Crippen LogP contribution in [0.2, 0.25) is 0 Å². The Hall–Kier alpha value is -2.21. The zero-order valence-corrected chi connectivity index (χ0v) is 10.5. The highest BCUT2D eigenvalue weighted by Gasteiger charge is 2.05. The molecule has 1 amide bonds. The minimum absolute atomic E-state index is 0.0403. The summed E-state index contributed by atoms with van der Waals surface area (Å²) >= 11 is 0. The molecule has 1 unspecified atom stereocenters. The van der Waals surface area contributed by atoms with E-state index in [9.17, 15) is 4.79 Å². The van der Waals surface area contributed by atoms with Crippen LogP contribution in [0.5, 0.6) is 0 Å². The first-order valence-electron chi connectivity index (χ1n) is 5.93. The van der Waals surface area contributed by atoms with Crippen molar-refractivity contribution in [3.8, 4) is 12.3 Å². The molecule has 0 heterocycles. The van der Waals surface area contributed by atoms with Crippen molar-refractivity contribution in [3.63, 3.8) is 0 Å². The summed E-state index contributed by atoms with van der Waals surface area (Å²) in [5, 5.41) is 2.86. The fourth-order valence-corrected chi connectivity index (χ4v) is 1.47. The Morgan fingerprint density at radius 1 is 1.50 bits per heavy atom. The van der Waals surface area contributed by atoms with Crippen molar-refractivity contribution in [2.75, 3.05) is 5.73 Å². The van der Waals surface area contributed by atoms with Gasteiger partial charge in [-0.25, -0.2) is 0 Å². The van der Waals surface area contributed by atoms with Crippen LogP contribution in [0.15, 0.2) is 30.3 Å². The summed E-state index contributed by atoms with van der Waals surface area (Å²) < 4.78 is 0. The van der Waals surface area contributed by atoms with Gasteiger partial charge >= 0.3 is 0 Å². The smallest absolute Gasteiger partial charge is 0.244 e. The summed E-state index contributed by atoms with van der Waals surface area (Å²) in [4.78, 5) is 11.6. The summed E-state index contributed by atoms with van der Waals surface area (Å²) in [6.07, 6.45) is 9.86. The molecule has 0 aromatic heterocycles. The van der Waals surface area contributed by atoms with Crippen molar-refractivity contribution < 1.29 is 4.79 Å². The van der Waals surface area contributed by atoms with Crippen LogP contribution in [0.1, 0.15) is 25.3 Å². The monoisotopic (exact) mass is 242 g/mol. The highest BCUT2D eigenvalue weighted by atomic mass is 16.1. The van der Waals surface area contributed by atoms with Crippen molar-refractivity contribution in [1.29, 1.82) is 0 Å². The molecule has 0 saturated heterocycles. The molecule has 18 heavy (non-hydrogen) atoms. The number of nitrogens with one attached hydrogen (secondary N) is 1. The second-order valence-corrected chi connectivity index (χ2v) is 4.02. The Bertz CT molecular complexity index is 454. The van der Waals surface area contributed by atoms with Crippen LogP contribution >= 0.6 is 0 Å². The molecule has 1 rings (SSSR count). The number of carbonyl (C=O) groups excluding carboxylic acids is 1. The number of nitrogens with two attached hydrogens (primary N) is 1. The summed E-state index contributed by atoms with van der Waals surface area (Å²) in [7, 11) is 0. The van der Waals surface area contributed by atoms with E-state index in [4.69, 9.17) is 12.2 Å². The van der Waals surface area contributed by atoms with Gasteiger partial charge in [-0.3, -0.25) is 4.79 Å². The van der Waals surface area contributed by atoms with Crippen LogP contribution in [0.25, 0.3) is 6.08 Å². The van der Waals surface area contributed by atoms with E-state index in [-0.39, 0.29) is 11.9 Å². The molecule has 0 saturated carbocycles. The maximum atomic E-state index is 11.6. The van der Waals surface area contributed by atoms with E-state index in [1.54, 1.807) is 18.2 Å². The Morgan fingerprint density at radius 2 is 2.17 bits per heavy atom. The average molecular weight is 242 g/mol. The van der Waals surface area contributed by atoms with E-state index in [1.807, 2.05) is 19.1 Å². The van der Waals surface area contributed by atoms with Gasteiger partial charge in [-0.2, -0.15) is 0 Å². The van der Waals surface area contributed by atoms with Gasteiger partial charge in [0.1, 0.15) is 0 Å². The molecule has 0 fully saturated rings. The number of rotatable bonds is 5. The number of hydrogen-bond acceptors (Lipinski definition) is 2. The Kier molecular flexibility index (Phi) is 5.53. The van der Waals surface area contributed by atoms with Crippen molar-refractivity contribution in [1.82, 2.24) is 5.32 Å². The average Bonchev–Trinajstić information content (AvgIpc) is 2.37. The minimum atomic E-state index is -0.131. The van der Waals surface area contributed by atoms with Crippen molar-refractivity contribution in [2.24, 2.45) is 0 Å². The first-order chi connectivity index (χ1) is 8.65. The van der Waals surface area contributed by atoms with Gasteiger partial charge in [0, 0.05) is 24.2 Å². The third-order valence-corrected chi connectivity index (χ3v) is 2.57. The second kappa shape index (κ2) is 7.18. The standard InChI is InChI=1S/C15H18N2O/c1-3-5-14(4-2)17-15(18)11-8-12-6-9-13(16)10-7-12/h1,6-11,14H,4-5,16H2,2H3,(H,17,18)/b11-8+. The van der Waals surface area contributed by atoms with Gasteiger partial charge in [0.15, 0.2) is 0 Å². The van der Waals surface area contributed by atoms with Crippen LogP contribution in [0.4, 0.5) is 5.69 Å². The maximum Gasteiger partial charge on any atom is 0.244 e. The van der Waals surface area contributed by atoms with Gasteiger partial charge in [0.25, 0.3) is 0 Å². The molecule has 0 aliphatic heterocycles. The summed E-state index contributed by atoms with van der Waals surface area (Å²) in [5.41, 5.74) is 7.22. The fraction of sp³-hybridized carbons (Fsp3) is 0.267. The molecule has 0 aliphatic rings. The molecule has 0 bridgehead atoms. The van der Waals surface area contributed by atoms with Crippen LogP contribution < -0.4 is 11.1 Å². The molecule has 1 atom stereocenters. The number of terminal acetylenes is 1. The zero-order chi connectivity index (χ0) is 13.4. The number of amides is 1. The summed E-state index contributed by atoms with van der Waals surface area (Å²) in [6, 6.07) is 7.35. The number of nitrogen functional groups attached to an aromatic ring is 1. The van der Waals surface area contributed by atoms with Gasteiger partial charge in [0.05, 0.1) is 0 Å². The van der Waals surface area contributed by atoms with Gasteiger partial charge in [-0.05, 0) is 30.2 Å². The number of anilines is 1. The largest absolute Gasteiger partial charge is 0.399 e. The van der Waals surface area contributed by atoms with Gasteiger partial charge < -0.3 is 11.1 Å². The lowest BCUT2D eigenvalue weighted by molar-refractivity contribution is -0.117. The Labute approximate surface area is 108 Å². The molecule has 0 spiro atoms. The molecular formula is C15H18N2O. The third kappa shape index (κ3) is 4.75. The third-order valence-electron chi connectivity index (χ3n) is 2.57. The predicted molar refractivity (Wildman–Crippen MR) is 75.6 cm³/mol. The highest BCUT2D eigenvalue weighted by molar-refractivity contribution is 5.91. The molecular weight excluding hydrogens is 224 g/mol. The quantitative estimate of drug-likeness (QED) is 0.472. The number of carbonyl (C=O) groups is 1. The predicted octanol–water partition coefficient (Wildman–Crippen LogP) is 2.20. The first kappa shape index (κ1) is 13.9. The lowest BCUT2D eigenvalue weighted by Gasteiger charge is -2.12. The minimum Gasteiger partial charge on any atom is -0.399 e. The maximum absolute atomic E-state index is 11.6. The Morgan fingerprint density at radius 3 is 2.72 bits per heavy atom. The molecule has 0 aliphatic carbocycles. The molecule has 1 aromatic carbocycles. The molecule has 3 N–H and O–H groups in total. The van der Waals surface area contributed by atoms with Gasteiger partial charge in [-0.15, -0.1) is 12.3 Å². The summed E-state index contributed by atoms with van der Waals surface area (Å²) in [6.45, 7) is 1.99. The highest BCUT2D eigenvalue weighted by Crippen LogP contribution is 2.07. The fourth-order valence-electron chi connectivity index (χ4n) is 1.47. The normalized spacial score (nSPS) is 12.0. The topological polar surface area (TPSA) is 55.1 Å².